The fourth-order valence-corrected chi connectivity index (χ4v) is 2.27. The van der Waals surface area contributed by atoms with Gasteiger partial charge in [-0.1, -0.05) is 62.4 Å². The first kappa shape index (κ1) is 13.8. The third kappa shape index (κ3) is 3.45. The fourth-order valence-electron chi connectivity index (χ4n) is 2.27. The van der Waals surface area contributed by atoms with Gasteiger partial charge in [0.15, 0.2) is 0 Å². The van der Waals surface area contributed by atoms with Gasteiger partial charge in [-0.05, 0) is 47.6 Å². The fraction of sp³-hybridized carbons (Fsp3) is 0.333. The van der Waals surface area contributed by atoms with Gasteiger partial charge in [-0.3, -0.25) is 0 Å². The highest BCUT2D eigenvalue weighted by Crippen LogP contribution is 2.24. The molecule has 19 heavy (non-hydrogen) atoms. The van der Waals surface area contributed by atoms with Crippen molar-refractivity contribution in [3.63, 3.8) is 0 Å². The van der Waals surface area contributed by atoms with Crippen LogP contribution in [0.25, 0.3) is 11.1 Å². The third-order valence-corrected chi connectivity index (χ3v) is 3.81. The van der Waals surface area contributed by atoms with Crippen molar-refractivity contribution in [1.29, 1.82) is 0 Å². The molecule has 0 aromatic heterocycles. The number of rotatable bonds is 5. The highest BCUT2D eigenvalue weighted by atomic mass is 14.5. The van der Waals surface area contributed by atoms with E-state index in [1.165, 1.54) is 28.7 Å². The Morgan fingerprint density at radius 2 is 1.42 bits per heavy atom. The lowest BCUT2D eigenvalue weighted by atomic mass is 9.95. The van der Waals surface area contributed by atoms with Gasteiger partial charge >= 0.3 is 0 Å². The maximum atomic E-state index is 5.57. The summed E-state index contributed by atoms with van der Waals surface area (Å²) in [6.45, 7) is 5.22. The monoisotopic (exact) mass is 253 g/mol. The number of nitrogens with two attached hydrogens (primary N) is 1. The standard InChI is InChI=1S/C18H23N/c1-3-14(2)16-8-10-18(11-9-16)17-6-4-15(5-7-17)12-13-19/h4-11,14H,3,12-13,19H2,1-2H3. The molecular weight excluding hydrogens is 230 g/mol. The molecule has 0 saturated carbocycles. The first-order chi connectivity index (χ1) is 9.24. The first-order valence-corrected chi connectivity index (χ1v) is 7.14. The van der Waals surface area contributed by atoms with E-state index >= 15 is 0 Å². The van der Waals surface area contributed by atoms with Crippen LogP contribution in [0.4, 0.5) is 0 Å². The van der Waals surface area contributed by atoms with E-state index in [2.05, 4.69) is 62.4 Å². The van der Waals surface area contributed by atoms with Gasteiger partial charge in [-0.25, -0.2) is 0 Å². The van der Waals surface area contributed by atoms with E-state index in [9.17, 15) is 0 Å². The molecule has 0 heterocycles. The Labute approximate surface area is 116 Å². The Morgan fingerprint density at radius 3 is 1.89 bits per heavy atom. The molecule has 1 nitrogen and oxygen atoms in total. The lowest BCUT2D eigenvalue weighted by Gasteiger charge is -2.10. The summed E-state index contributed by atoms with van der Waals surface area (Å²) in [5.74, 6) is 0.640. The largest absolute Gasteiger partial charge is 0.330 e. The summed E-state index contributed by atoms with van der Waals surface area (Å²) in [7, 11) is 0. The molecule has 0 aliphatic rings. The van der Waals surface area contributed by atoms with E-state index in [0.29, 0.717) is 12.5 Å². The van der Waals surface area contributed by atoms with Gasteiger partial charge in [0.05, 0.1) is 0 Å². The van der Waals surface area contributed by atoms with Crippen molar-refractivity contribution in [1.82, 2.24) is 0 Å². The van der Waals surface area contributed by atoms with Crippen LogP contribution >= 0.6 is 0 Å². The minimum absolute atomic E-state index is 0.640. The molecule has 1 heteroatoms. The van der Waals surface area contributed by atoms with Crippen LogP contribution in [0, 0.1) is 0 Å². The summed E-state index contributed by atoms with van der Waals surface area (Å²) in [5.41, 5.74) is 10.9. The molecule has 0 spiro atoms. The summed E-state index contributed by atoms with van der Waals surface area (Å²) in [6, 6.07) is 17.6. The van der Waals surface area contributed by atoms with E-state index in [1.54, 1.807) is 0 Å². The number of benzene rings is 2. The molecular formula is C18H23N. The molecule has 100 valence electrons. The quantitative estimate of drug-likeness (QED) is 0.841. The molecule has 0 bridgehead atoms. The second kappa shape index (κ2) is 6.53. The zero-order valence-corrected chi connectivity index (χ0v) is 11.9. The van der Waals surface area contributed by atoms with Crippen molar-refractivity contribution >= 4 is 0 Å². The number of hydrogen-bond acceptors (Lipinski definition) is 1. The van der Waals surface area contributed by atoms with Crippen LogP contribution in [0.2, 0.25) is 0 Å². The molecule has 2 aromatic carbocycles. The van der Waals surface area contributed by atoms with Crippen LogP contribution in [-0.4, -0.2) is 6.54 Å². The Kier molecular flexibility index (Phi) is 4.75. The van der Waals surface area contributed by atoms with Crippen LogP contribution < -0.4 is 5.73 Å². The molecule has 0 radical (unpaired) electrons. The van der Waals surface area contributed by atoms with E-state index in [0.717, 1.165) is 6.42 Å². The Bertz CT molecular complexity index is 496. The summed E-state index contributed by atoms with van der Waals surface area (Å²) in [6.07, 6.45) is 2.14. The topological polar surface area (TPSA) is 26.0 Å². The van der Waals surface area contributed by atoms with Crippen LogP contribution in [-0.2, 0) is 6.42 Å². The van der Waals surface area contributed by atoms with Gasteiger partial charge in [0.25, 0.3) is 0 Å². The normalized spacial score (nSPS) is 12.4. The van der Waals surface area contributed by atoms with Crippen molar-refractivity contribution in [2.75, 3.05) is 6.54 Å². The lowest BCUT2D eigenvalue weighted by molar-refractivity contribution is 0.734. The second-order valence-electron chi connectivity index (χ2n) is 5.17. The van der Waals surface area contributed by atoms with Crippen molar-refractivity contribution < 1.29 is 0 Å². The summed E-state index contributed by atoms with van der Waals surface area (Å²) in [5, 5.41) is 0. The van der Waals surface area contributed by atoms with E-state index in [4.69, 9.17) is 5.73 Å². The van der Waals surface area contributed by atoms with Gasteiger partial charge < -0.3 is 5.73 Å². The second-order valence-corrected chi connectivity index (χ2v) is 5.17. The van der Waals surface area contributed by atoms with Crippen LogP contribution in [0.3, 0.4) is 0 Å². The molecule has 2 rings (SSSR count). The van der Waals surface area contributed by atoms with Crippen molar-refractivity contribution in [2.24, 2.45) is 5.73 Å². The highest BCUT2D eigenvalue weighted by Gasteiger charge is 2.03. The van der Waals surface area contributed by atoms with Gasteiger partial charge in [0, 0.05) is 0 Å². The summed E-state index contributed by atoms with van der Waals surface area (Å²) < 4.78 is 0. The minimum Gasteiger partial charge on any atom is -0.330 e. The van der Waals surface area contributed by atoms with Gasteiger partial charge in [-0.15, -0.1) is 0 Å². The van der Waals surface area contributed by atoms with Crippen LogP contribution in [0.1, 0.15) is 37.3 Å². The first-order valence-electron chi connectivity index (χ1n) is 7.14. The average molecular weight is 253 g/mol. The van der Waals surface area contributed by atoms with E-state index < -0.39 is 0 Å². The highest BCUT2D eigenvalue weighted by molar-refractivity contribution is 5.64. The molecule has 0 fully saturated rings. The van der Waals surface area contributed by atoms with Gasteiger partial charge in [0.1, 0.15) is 0 Å². The molecule has 2 N–H and O–H groups in total. The molecule has 0 aliphatic heterocycles. The minimum atomic E-state index is 0.640. The smallest absolute Gasteiger partial charge is 0.00367 e. The van der Waals surface area contributed by atoms with Crippen molar-refractivity contribution in [2.45, 2.75) is 32.6 Å². The molecule has 2 aromatic rings. The predicted molar refractivity (Wildman–Crippen MR) is 83.3 cm³/mol. The van der Waals surface area contributed by atoms with Crippen molar-refractivity contribution in [3.05, 3.63) is 59.7 Å². The maximum absolute atomic E-state index is 5.57. The zero-order valence-electron chi connectivity index (χ0n) is 11.9. The summed E-state index contributed by atoms with van der Waals surface area (Å²) in [4.78, 5) is 0. The maximum Gasteiger partial charge on any atom is -0.00367 e. The predicted octanol–water partition coefficient (Wildman–Crippen LogP) is 4.37. The number of hydrogen-bond donors (Lipinski definition) is 1. The van der Waals surface area contributed by atoms with Crippen molar-refractivity contribution in [3.8, 4) is 11.1 Å². The lowest BCUT2D eigenvalue weighted by Crippen LogP contribution is -2.02. The van der Waals surface area contributed by atoms with Crippen LogP contribution in [0.5, 0.6) is 0 Å². The Morgan fingerprint density at radius 1 is 0.895 bits per heavy atom. The van der Waals surface area contributed by atoms with E-state index in [1.807, 2.05) is 0 Å². The van der Waals surface area contributed by atoms with Gasteiger partial charge in [0.2, 0.25) is 0 Å². The zero-order chi connectivity index (χ0) is 13.7. The van der Waals surface area contributed by atoms with Crippen LogP contribution in [0.15, 0.2) is 48.5 Å². The molecule has 0 saturated heterocycles. The average Bonchev–Trinajstić information content (AvgIpc) is 2.48. The molecule has 0 amide bonds. The molecule has 1 unspecified atom stereocenters. The Balaban J connectivity index is 2.17. The van der Waals surface area contributed by atoms with Gasteiger partial charge in [-0.2, -0.15) is 0 Å². The third-order valence-electron chi connectivity index (χ3n) is 3.81. The van der Waals surface area contributed by atoms with E-state index in [-0.39, 0.29) is 0 Å². The SMILES string of the molecule is CCC(C)c1ccc(-c2ccc(CCN)cc2)cc1. The molecule has 1 atom stereocenters. The Hall–Kier alpha value is -1.60. The summed E-state index contributed by atoms with van der Waals surface area (Å²) >= 11 is 0. The molecule has 0 aliphatic carbocycles.